The summed E-state index contributed by atoms with van der Waals surface area (Å²) < 4.78 is 0. The molecule has 1 aliphatic heterocycles. The number of allylic oxidation sites excluding steroid dienone is 1. The Balaban J connectivity index is 1.51. The summed E-state index contributed by atoms with van der Waals surface area (Å²) in [7, 11) is 0. The first kappa shape index (κ1) is 29.9. The van der Waals surface area contributed by atoms with Crippen LogP contribution in [-0.4, -0.2) is 48.7 Å². The van der Waals surface area contributed by atoms with Gasteiger partial charge in [0.1, 0.15) is 11.4 Å². The van der Waals surface area contributed by atoms with Crippen molar-refractivity contribution in [1.29, 1.82) is 0 Å². The molecule has 1 aromatic heterocycles. The summed E-state index contributed by atoms with van der Waals surface area (Å²) in [5.41, 5.74) is 1.75. The van der Waals surface area contributed by atoms with Gasteiger partial charge in [0.05, 0.1) is 12.6 Å². The summed E-state index contributed by atoms with van der Waals surface area (Å²) in [4.78, 5) is 34.4. The maximum Gasteiger partial charge on any atom is 0.275 e. The molecule has 2 heterocycles. The third-order valence-corrected chi connectivity index (χ3v) is 8.15. The Labute approximate surface area is 255 Å². The second-order valence-corrected chi connectivity index (χ2v) is 13.2. The number of carbonyl (C=O) groups is 2. The van der Waals surface area contributed by atoms with Crippen LogP contribution in [0.4, 0.5) is 0 Å². The van der Waals surface area contributed by atoms with E-state index in [1.54, 1.807) is 30.3 Å². The van der Waals surface area contributed by atoms with E-state index in [1.165, 1.54) is 0 Å². The number of hydrogen-bond donors (Lipinski definition) is 2. The van der Waals surface area contributed by atoms with Crippen LogP contribution in [-0.2, 0) is 11.3 Å². The van der Waals surface area contributed by atoms with Gasteiger partial charge >= 0.3 is 0 Å². The van der Waals surface area contributed by atoms with Crippen molar-refractivity contribution in [3.8, 4) is 0 Å². The Morgan fingerprint density at radius 2 is 1.88 bits per heavy atom. The number of aromatic nitrogens is 4. The zero-order valence-electron chi connectivity index (χ0n) is 24.2. The fraction of sp³-hybridized carbons (Fsp3) is 0.419. The van der Waals surface area contributed by atoms with E-state index in [1.807, 2.05) is 17.0 Å². The number of nitrogens with zero attached hydrogens (tertiary/aromatic N) is 5. The molecule has 11 heteroatoms. The van der Waals surface area contributed by atoms with Crippen LogP contribution in [0.3, 0.4) is 0 Å². The van der Waals surface area contributed by atoms with Crippen molar-refractivity contribution in [3.05, 3.63) is 87.2 Å². The Bertz CT molecular complexity index is 1490. The molecule has 1 aliphatic carbocycles. The van der Waals surface area contributed by atoms with E-state index in [9.17, 15) is 9.59 Å². The van der Waals surface area contributed by atoms with Gasteiger partial charge in [-0.3, -0.25) is 14.6 Å². The molecule has 2 aromatic carbocycles. The third kappa shape index (κ3) is 6.57. The predicted molar refractivity (Wildman–Crippen MR) is 163 cm³/mol. The first-order valence-electron chi connectivity index (χ1n) is 14.1. The lowest BCUT2D eigenvalue weighted by Crippen LogP contribution is -2.50. The highest BCUT2D eigenvalue weighted by Gasteiger charge is 2.51. The van der Waals surface area contributed by atoms with Gasteiger partial charge in [0.2, 0.25) is 0 Å². The van der Waals surface area contributed by atoms with Crippen molar-refractivity contribution in [1.82, 2.24) is 30.8 Å². The lowest BCUT2D eigenvalue weighted by atomic mass is 9.82. The van der Waals surface area contributed by atoms with E-state index in [0.29, 0.717) is 45.5 Å². The standard InChI is InChI=1S/C31H35Cl2N7O2/c1-19-6-5-12-31(17-19)35-27(22-14-23(32)16-24(33)15-22)29(42)40(31)25(11-13-30(2,3)4)20-7-9-21(10-8-20)28(41)34-18-26-36-38-39-37-26/h5-10,14-16,19,25H,11-13,17-18H2,1-4H3,(H,34,41)(H,36,37,38,39)/t19?,25-,31?/m1/s1. The molecule has 2 unspecified atom stereocenters. The molecule has 220 valence electrons. The first-order chi connectivity index (χ1) is 19.9. The molecule has 0 bridgehead atoms. The van der Waals surface area contributed by atoms with Crippen molar-refractivity contribution in [2.45, 2.75) is 71.6 Å². The monoisotopic (exact) mass is 607 g/mol. The number of carbonyl (C=O) groups excluding carboxylic acids is 2. The van der Waals surface area contributed by atoms with Gasteiger partial charge in [-0.2, -0.15) is 5.21 Å². The predicted octanol–water partition coefficient (Wildman–Crippen LogP) is 6.32. The van der Waals surface area contributed by atoms with E-state index in [4.69, 9.17) is 28.2 Å². The fourth-order valence-corrected chi connectivity index (χ4v) is 6.28. The summed E-state index contributed by atoms with van der Waals surface area (Å²) >= 11 is 12.7. The van der Waals surface area contributed by atoms with Crippen molar-refractivity contribution in [3.63, 3.8) is 0 Å². The minimum absolute atomic E-state index is 0.0487. The van der Waals surface area contributed by atoms with Crippen molar-refractivity contribution in [2.75, 3.05) is 0 Å². The van der Waals surface area contributed by atoms with Gasteiger partial charge in [0.25, 0.3) is 11.8 Å². The largest absolute Gasteiger partial charge is 0.345 e. The number of amides is 2. The maximum absolute atomic E-state index is 14.4. The van der Waals surface area contributed by atoms with Crippen LogP contribution in [0, 0.1) is 11.3 Å². The van der Waals surface area contributed by atoms with Crippen molar-refractivity contribution in [2.24, 2.45) is 16.3 Å². The van der Waals surface area contributed by atoms with Crippen LogP contribution >= 0.6 is 23.2 Å². The van der Waals surface area contributed by atoms with E-state index in [2.05, 4.69) is 65.8 Å². The highest BCUT2D eigenvalue weighted by atomic mass is 35.5. The van der Waals surface area contributed by atoms with Gasteiger partial charge in [-0.25, -0.2) is 0 Å². The number of aromatic amines is 1. The first-order valence-corrected chi connectivity index (χ1v) is 14.9. The van der Waals surface area contributed by atoms with Gasteiger partial charge < -0.3 is 10.2 Å². The minimum Gasteiger partial charge on any atom is -0.345 e. The summed E-state index contributed by atoms with van der Waals surface area (Å²) in [5, 5.41) is 17.3. The molecule has 2 amide bonds. The lowest BCUT2D eigenvalue weighted by molar-refractivity contribution is -0.132. The molecule has 1 spiro atoms. The molecule has 5 rings (SSSR count). The summed E-state index contributed by atoms with van der Waals surface area (Å²) in [6.45, 7) is 8.91. The van der Waals surface area contributed by atoms with E-state index in [0.717, 1.165) is 18.4 Å². The summed E-state index contributed by atoms with van der Waals surface area (Å²) in [6, 6.07) is 12.3. The Kier molecular flexibility index (Phi) is 8.53. The normalized spacial score (nSPS) is 21.1. The molecule has 0 saturated heterocycles. The van der Waals surface area contributed by atoms with Crippen LogP contribution in [0.25, 0.3) is 0 Å². The second kappa shape index (κ2) is 12.0. The lowest BCUT2D eigenvalue weighted by Gasteiger charge is -2.44. The molecule has 2 N–H and O–H groups in total. The van der Waals surface area contributed by atoms with E-state index < -0.39 is 5.66 Å². The quantitative estimate of drug-likeness (QED) is 0.291. The topological polar surface area (TPSA) is 116 Å². The van der Waals surface area contributed by atoms with Gasteiger partial charge in [-0.15, -0.1) is 10.2 Å². The number of rotatable bonds is 8. The van der Waals surface area contributed by atoms with Crippen LogP contribution in [0.15, 0.2) is 59.6 Å². The molecule has 0 fully saturated rings. The molecule has 0 saturated carbocycles. The summed E-state index contributed by atoms with van der Waals surface area (Å²) in [5.74, 6) is 0.249. The number of hydrogen-bond acceptors (Lipinski definition) is 6. The maximum atomic E-state index is 14.4. The smallest absolute Gasteiger partial charge is 0.275 e. The summed E-state index contributed by atoms with van der Waals surface area (Å²) in [6.07, 6.45) is 7.25. The average molecular weight is 609 g/mol. The number of halogens is 2. The van der Waals surface area contributed by atoms with Crippen LogP contribution < -0.4 is 5.32 Å². The van der Waals surface area contributed by atoms with E-state index in [-0.39, 0.29) is 35.7 Å². The molecule has 0 radical (unpaired) electrons. The highest BCUT2D eigenvalue weighted by Crippen LogP contribution is 2.46. The van der Waals surface area contributed by atoms with Gasteiger partial charge in [0.15, 0.2) is 5.82 Å². The number of nitrogens with one attached hydrogen (secondary N) is 2. The second-order valence-electron chi connectivity index (χ2n) is 12.3. The zero-order valence-corrected chi connectivity index (χ0v) is 25.7. The number of H-pyrrole nitrogens is 1. The number of benzene rings is 2. The number of aliphatic imine (C=N–C) groups is 1. The Morgan fingerprint density at radius 1 is 1.17 bits per heavy atom. The van der Waals surface area contributed by atoms with Gasteiger partial charge in [0, 0.05) is 27.6 Å². The fourth-order valence-electron chi connectivity index (χ4n) is 5.76. The molecular weight excluding hydrogens is 573 g/mol. The van der Waals surface area contributed by atoms with Gasteiger partial charge in [-0.1, -0.05) is 80.4 Å². The average Bonchev–Trinajstić information content (AvgIpc) is 3.54. The Morgan fingerprint density at radius 3 is 2.50 bits per heavy atom. The SMILES string of the molecule is CC1C=CCC2(C1)N=C(c1cc(Cl)cc(Cl)c1)C(=O)N2[C@H](CCC(C)(C)C)c1ccc(C(=O)NCc2nn[nH]n2)cc1. The number of tetrazole rings is 1. The van der Waals surface area contributed by atoms with E-state index >= 15 is 0 Å². The molecular formula is C31H35Cl2N7O2. The van der Waals surface area contributed by atoms with Crippen LogP contribution in [0.1, 0.15) is 86.7 Å². The van der Waals surface area contributed by atoms with Crippen molar-refractivity contribution >= 4 is 40.7 Å². The molecule has 2 aliphatic rings. The van der Waals surface area contributed by atoms with Crippen LogP contribution in [0.2, 0.25) is 10.0 Å². The molecule has 3 atom stereocenters. The molecule has 9 nitrogen and oxygen atoms in total. The zero-order chi connectivity index (χ0) is 30.1. The van der Waals surface area contributed by atoms with Crippen molar-refractivity contribution < 1.29 is 9.59 Å². The van der Waals surface area contributed by atoms with Gasteiger partial charge in [-0.05, 0) is 66.5 Å². The molecule has 42 heavy (non-hydrogen) atoms. The minimum atomic E-state index is -0.738. The highest BCUT2D eigenvalue weighted by molar-refractivity contribution is 6.47. The molecule has 3 aromatic rings. The van der Waals surface area contributed by atoms with Crippen LogP contribution in [0.5, 0.6) is 0 Å². The third-order valence-electron chi connectivity index (χ3n) is 7.72. The Hall–Kier alpha value is -3.56.